The van der Waals surface area contributed by atoms with Gasteiger partial charge in [0, 0.05) is 85.5 Å². The van der Waals surface area contributed by atoms with Gasteiger partial charge in [-0.15, -0.1) is 6.42 Å². The fourth-order valence-corrected chi connectivity index (χ4v) is 12.9. The number of phenolic OH excluding ortho intramolecular Hbond substituents is 1. The zero-order valence-electron chi connectivity index (χ0n) is 41.5. The molecule has 3 unspecified atom stereocenters. The van der Waals surface area contributed by atoms with Crippen molar-refractivity contribution < 1.29 is 28.2 Å². The van der Waals surface area contributed by atoms with Gasteiger partial charge in [0.2, 0.25) is 11.8 Å². The number of hydrogen-bond donors (Lipinski definition) is 3. The van der Waals surface area contributed by atoms with E-state index in [1.54, 1.807) is 15.3 Å². The molecule has 5 aliphatic heterocycles. The number of amides is 2. The number of nitrogens with one attached hydrogen (secondary N) is 2. The van der Waals surface area contributed by atoms with Crippen LogP contribution in [-0.2, 0) is 9.59 Å². The number of hydrogen-bond acceptors (Lipinski definition) is 12. The number of imide groups is 1. The minimum Gasteiger partial charge on any atom is -0.508 e. The number of terminal acetylenes is 1. The number of halogens is 2. The molecule has 15 nitrogen and oxygen atoms in total. The molecule has 1 saturated carbocycles. The van der Waals surface area contributed by atoms with E-state index in [4.69, 9.17) is 21.1 Å². The Labute approximate surface area is 422 Å². The van der Waals surface area contributed by atoms with E-state index in [1.807, 2.05) is 19.9 Å². The number of piperazine rings is 1. The van der Waals surface area contributed by atoms with Gasteiger partial charge < -0.3 is 29.9 Å². The van der Waals surface area contributed by atoms with Crippen molar-refractivity contribution in [3.05, 3.63) is 76.3 Å². The van der Waals surface area contributed by atoms with Gasteiger partial charge in [0.25, 0.3) is 0 Å². The summed E-state index contributed by atoms with van der Waals surface area (Å²) in [4.78, 5) is 60.0. The molecular weight excluding hydrogens is 931 g/mol. The molecule has 8 heterocycles. The number of likely N-dealkylation sites (tertiary alicyclic amines) is 1. The standard InChI is InChI=1S/C56H62F2N10O5/c1-4-40-43(57)9-5-35-24-39(69)26-41(48(35)40)50-49(58)51-42(27-59-50)52(66-28-36-6-7-37(29-66)60-36)63-54(62-51)73-31-56(17-18-56)30-64-19-13-33(14-20-64)23-34-15-21-65(22-16-34)38-8-10-44-46(25-38)67(32(2)3)55(72)68(44)45-11-12-47(70)61-53(45)71/h1,5,8-10,24-27,32-34,36-37,45,60,69H,6-7,11-23,28-31H2,2-3H3,(H,61,70,71). The summed E-state index contributed by atoms with van der Waals surface area (Å²) in [7, 11) is 0. The van der Waals surface area contributed by atoms with Crippen molar-refractivity contribution in [3.8, 4) is 35.4 Å². The molecule has 3 N–H and O–H groups in total. The van der Waals surface area contributed by atoms with E-state index >= 15 is 8.78 Å². The summed E-state index contributed by atoms with van der Waals surface area (Å²) in [6, 6.07) is 11.6. The predicted octanol–water partition coefficient (Wildman–Crippen LogP) is 7.60. The molecule has 3 aromatic carbocycles. The second kappa shape index (κ2) is 18.7. The molecule has 73 heavy (non-hydrogen) atoms. The number of anilines is 2. The van der Waals surface area contributed by atoms with Crippen LogP contribution in [-0.4, -0.2) is 110 Å². The van der Waals surface area contributed by atoms with E-state index in [1.165, 1.54) is 30.7 Å². The van der Waals surface area contributed by atoms with Crippen LogP contribution in [0.2, 0.25) is 0 Å². The SMILES string of the molecule is C#Cc1c(F)ccc2cc(O)cc(-c3ncc4c(N5CC6CCC(C5)N6)nc(OCC5(CN6CCC(CC7CCN(c8ccc9c(c8)n(C(C)C)c(=O)n9C8CCC(=O)NC8=O)CC7)CC6)CC5)nc4c3F)c12. The number of ether oxygens (including phenoxy) is 1. The van der Waals surface area contributed by atoms with Crippen LogP contribution in [0.5, 0.6) is 11.8 Å². The van der Waals surface area contributed by atoms with Crippen molar-refractivity contribution >= 4 is 56.0 Å². The summed E-state index contributed by atoms with van der Waals surface area (Å²) in [6.45, 7) is 10.7. The lowest BCUT2D eigenvalue weighted by atomic mass is 9.82. The molecule has 6 aromatic rings. The second-order valence-corrected chi connectivity index (χ2v) is 22.1. The molecule has 12 rings (SSSR count). The smallest absolute Gasteiger partial charge is 0.330 e. The number of benzene rings is 3. The lowest BCUT2D eigenvalue weighted by Crippen LogP contribution is -2.51. The van der Waals surface area contributed by atoms with E-state index in [9.17, 15) is 19.5 Å². The average molecular weight is 993 g/mol. The predicted molar refractivity (Wildman–Crippen MR) is 276 cm³/mol. The van der Waals surface area contributed by atoms with Crippen LogP contribution < -0.4 is 30.9 Å². The van der Waals surface area contributed by atoms with E-state index in [0.29, 0.717) is 66.6 Å². The lowest BCUT2D eigenvalue weighted by Gasteiger charge is -2.38. The van der Waals surface area contributed by atoms with Crippen LogP contribution in [0.15, 0.2) is 53.5 Å². The number of nitrogens with zero attached hydrogens (tertiary/aromatic N) is 8. The molecule has 3 atom stereocenters. The van der Waals surface area contributed by atoms with Gasteiger partial charge in [-0.3, -0.25) is 29.0 Å². The third kappa shape index (κ3) is 8.83. The lowest BCUT2D eigenvalue weighted by molar-refractivity contribution is -0.135. The molecule has 2 amide bonds. The molecule has 6 aliphatic rings. The first-order valence-corrected chi connectivity index (χ1v) is 26.3. The van der Waals surface area contributed by atoms with E-state index in [-0.39, 0.29) is 69.0 Å². The number of pyridine rings is 1. The number of aromatic nitrogens is 5. The van der Waals surface area contributed by atoms with Crippen LogP contribution >= 0.6 is 0 Å². The number of imidazole rings is 1. The summed E-state index contributed by atoms with van der Waals surface area (Å²) in [6.07, 6.45) is 17.8. The normalized spacial score (nSPS) is 22.7. The minimum absolute atomic E-state index is 0.0370. The topological polar surface area (TPSA) is 163 Å². The van der Waals surface area contributed by atoms with Crippen LogP contribution in [0.25, 0.3) is 44.0 Å². The van der Waals surface area contributed by atoms with Gasteiger partial charge in [-0.25, -0.2) is 13.6 Å². The van der Waals surface area contributed by atoms with Gasteiger partial charge >= 0.3 is 11.7 Å². The Kier molecular flexibility index (Phi) is 12.1. The number of phenols is 1. The Morgan fingerprint density at radius 1 is 0.890 bits per heavy atom. The highest BCUT2D eigenvalue weighted by Gasteiger charge is 2.46. The van der Waals surface area contributed by atoms with Crippen LogP contribution in [0, 0.1) is 41.2 Å². The molecule has 3 aromatic heterocycles. The maximum absolute atomic E-state index is 17.2. The Balaban J connectivity index is 0.697. The van der Waals surface area contributed by atoms with Crippen molar-refractivity contribution in [2.75, 3.05) is 62.2 Å². The zero-order chi connectivity index (χ0) is 50.3. The van der Waals surface area contributed by atoms with E-state index < -0.39 is 23.6 Å². The summed E-state index contributed by atoms with van der Waals surface area (Å²) < 4.78 is 42.1. The fraction of sp³-hybridized carbons (Fsp3) is 0.500. The highest BCUT2D eigenvalue weighted by molar-refractivity contribution is 6.03. The second-order valence-electron chi connectivity index (χ2n) is 22.1. The molecule has 0 spiro atoms. The van der Waals surface area contributed by atoms with Crippen molar-refractivity contribution in [2.24, 2.45) is 17.3 Å². The number of carbonyl (C=O) groups excluding carboxylic acids is 2. The third-order valence-corrected chi connectivity index (χ3v) is 16.9. The first-order chi connectivity index (χ1) is 35.3. The molecule has 0 radical (unpaired) electrons. The van der Waals surface area contributed by atoms with Crippen LogP contribution in [0.4, 0.5) is 20.3 Å². The van der Waals surface area contributed by atoms with Crippen molar-refractivity contribution in [2.45, 2.75) is 109 Å². The number of fused-ring (bicyclic) bond motifs is 5. The number of aromatic hydroxyl groups is 1. The van der Waals surface area contributed by atoms with Gasteiger partial charge in [0.1, 0.15) is 34.6 Å². The monoisotopic (exact) mass is 992 g/mol. The Morgan fingerprint density at radius 2 is 1.63 bits per heavy atom. The maximum atomic E-state index is 17.2. The highest BCUT2D eigenvalue weighted by Crippen LogP contribution is 2.48. The molecule has 17 heteroatoms. The number of carbonyl (C=O) groups is 2. The number of piperidine rings is 3. The Bertz CT molecular complexity index is 3280. The highest BCUT2D eigenvalue weighted by atomic mass is 19.1. The maximum Gasteiger partial charge on any atom is 0.330 e. The summed E-state index contributed by atoms with van der Waals surface area (Å²) in [5, 5.41) is 18.0. The van der Waals surface area contributed by atoms with Gasteiger partial charge in [0.15, 0.2) is 5.82 Å². The largest absolute Gasteiger partial charge is 0.508 e. The molecule has 6 fully saturated rings. The first-order valence-electron chi connectivity index (χ1n) is 26.3. The Hall–Kier alpha value is -6.64. The van der Waals surface area contributed by atoms with Crippen molar-refractivity contribution in [1.29, 1.82) is 0 Å². The Morgan fingerprint density at radius 3 is 2.33 bits per heavy atom. The van der Waals surface area contributed by atoms with Crippen molar-refractivity contribution in [3.63, 3.8) is 0 Å². The molecule has 5 saturated heterocycles. The average Bonchev–Trinajstić information content (AvgIpc) is 3.97. The summed E-state index contributed by atoms with van der Waals surface area (Å²) in [5.74, 6) is 2.12. The molecular formula is C56H62F2N10O5. The van der Waals surface area contributed by atoms with Gasteiger partial charge in [-0.05, 0) is 145 Å². The van der Waals surface area contributed by atoms with Crippen molar-refractivity contribution in [1.82, 2.24) is 39.6 Å². The third-order valence-electron chi connectivity index (χ3n) is 16.9. The van der Waals surface area contributed by atoms with Gasteiger partial charge in [-0.2, -0.15) is 9.97 Å². The minimum atomic E-state index is -0.727. The molecule has 1 aliphatic carbocycles. The van der Waals surface area contributed by atoms with Gasteiger partial charge in [0.05, 0.1) is 28.6 Å². The number of rotatable bonds is 12. The quantitative estimate of drug-likeness (QED) is 0.0815. The van der Waals surface area contributed by atoms with Gasteiger partial charge in [-0.1, -0.05) is 12.0 Å². The molecule has 2 bridgehead atoms. The van der Waals surface area contributed by atoms with E-state index in [2.05, 4.69) is 48.4 Å². The molecule has 380 valence electrons. The zero-order valence-corrected chi connectivity index (χ0v) is 41.5. The summed E-state index contributed by atoms with van der Waals surface area (Å²) >= 11 is 0. The summed E-state index contributed by atoms with van der Waals surface area (Å²) in [5.41, 5.74) is 2.43. The first kappa shape index (κ1) is 47.4. The van der Waals surface area contributed by atoms with Crippen LogP contribution in [0.3, 0.4) is 0 Å². The van der Waals surface area contributed by atoms with E-state index in [0.717, 1.165) is 101 Å². The van der Waals surface area contributed by atoms with Crippen LogP contribution in [0.1, 0.15) is 102 Å². The fourth-order valence-electron chi connectivity index (χ4n) is 12.9.